The van der Waals surface area contributed by atoms with Crippen LogP contribution in [-0.2, 0) is 4.79 Å². The molecule has 5 heteroatoms. The van der Waals surface area contributed by atoms with Crippen molar-refractivity contribution in [1.82, 2.24) is 0 Å². The molecule has 1 amide bonds. The molecule has 4 N–H and O–H groups in total. The minimum absolute atomic E-state index is 0.0432. The van der Waals surface area contributed by atoms with Gasteiger partial charge in [0, 0.05) is 16.9 Å². The third-order valence-electron chi connectivity index (χ3n) is 2.20. The number of aromatic hydroxyl groups is 1. The molecule has 0 aliphatic heterocycles. The lowest BCUT2D eigenvalue weighted by atomic mass is 10.1. The summed E-state index contributed by atoms with van der Waals surface area (Å²) in [4.78, 5) is 11.5. The van der Waals surface area contributed by atoms with Crippen LogP contribution in [-0.4, -0.2) is 17.1 Å². The number of amides is 1. The first-order valence-electron chi connectivity index (χ1n) is 5.07. The second kappa shape index (κ2) is 5.86. The Morgan fingerprint density at radius 2 is 2.31 bits per heavy atom. The maximum Gasteiger partial charge on any atom is 0.226 e. The molecule has 88 valence electrons. The molecular formula is C11H15BrN2O2. The van der Waals surface area contributed by atoms with Gasteiger partial charge in [-0.15, -0.1) is 0 Å². The number of carbonyl (C=O) groups excluding carboxylic acids is 1. The normalized spacial score (nSPS) is 12.2. The fraction of sp³-hybridized carbons (Fsp3) is 0.364. The number of hydrogen-bond donors (Lipinski definition) is 3. The summed E-state index contributed by atoms with van der Waals surface area (Å²) in [7, 11) is 0. The summed E-state index contributed by atoms with van der Waals surface area (Å²) in [5.74, 6) is -0.149. The van der Waals surface area contributed by atoms with Crippen molar-refractivity contribution in [2.24, 2.45) is 5.73 Å². The van der Waals surface area contributed by atoms with Gasteiger partial charge in [0.1, 0.15) is 5.75 Å². The lowest BCUT2D eigenvalue weighted by Gasteiger charge is -2.10. The number of phenolic OH excluding ortho intramolecular Hbond substituents is 1. The van der Waals surface area contributed by atoms with Crippen molar-refractivity contribution in [2.75, 3.05) is 5.32 Å². The number of nitrogens with one attached hydrogen (secondary N) is 1. The maximum absolute atomic E-state index is 11.5. The summed E-state index contributed by atoms with van der Waals surface area (Å²) in [5, 5.41) is 12.1. The number of phenols is 1. The number of nitrogens with two attached hydrogens (primary N) is 1. The summed E-state index contributed by atoms with van der Waals surface area (Å²) in [6.07, 6.45) is 1.00. The zero-order valence-electron chi connectivity index (χ0n) is 9.03. The quantitative estimate of drug-likeness (QED) is 0.743. The largest absolute Gasteiger partial charge is 0.506 e. The molecule has 0 spiro atoms. The molecule has 1 rings (SSSR count). The second-order valence-corrected chi connectivity index (χ2v) is 4.50. The van der Waals surface area contributed by atoms with E-state index in [1.54, 1.807) is 12.1 Å². The molecule has 0 radical (unpaired) electrons. The molecule has 1 aromatic rings. The fourth-order valence-corrected chi connectivity index (χ4v) is 1.55. The molecular weight excluding hydrogens is 272 g/mol. The van der Waals surface area contributed by atoms with E-state index in [4.69, 9.17) is 5.73 Å². The molecule has 1 atom stereocenters. The van der Waals surface area contributed by atoms with E-state index in [1.165, 1.54) is 6.07 Å². The van der Waals surface area contributed by atoms with Crippen LogP contribution in [0.4, 0.5) is 5.69 Å². The van der Waals surface area contributed by atoms with E-state index in [0.717, 1.165) is 10.9 Å². The highest BCUT2D eigenvalue weighted by Crippen LogP contribution is 2.26. The average Bonchev–Trinajstić information content (AvgIpc) is 2.23. The van der Waals surface area contributed by atoms with Crippen LogP contribution >= 0.6 is 15.9 Å². The van der Waals surface area contributed by atoms with E-state index >= 15 is 0 Å². The Balaban J connectivity index is 2.65. The first-order valence-corrected chi connectivity index (χ1v) is 5.86. The topological polar surface area (TPSA) is 75.4 Å². The summed E-state index contributed by atoms with van der Waals surface area (Å²) >= 11 is 3.26. The molecule has 0 bridgehead atoms. The minimum Gasteiger partial charge on any atom is -0.506 e. The van der Waals surface area contributed by atoms with Crippen LogP contribution in [0.5, 0.6) is 5.75 Å². The van der Waals surface area contributed by atoms with Crippen LogP contribution in [0.25, 0.3) is 0 Å². The fourth-order valence-electron chi connectivity index (χ4n) is 1.19. The molecule has 0 aliphatic carbocycles. The molecule has 0 saturated carbocycles. The van der Waals surface area contributed by atoms with Crippen LogP contribution in [0, 0.1) is 0 Å². The van der Waals surface area contributed by atoms with Gasteiger partial charge in [0.05, 0.1) is 5.69 Å². The van der Waals surface area contributed by atoms with Crippen LogP contribution in [0.1, 0.15) is 19.8 Å². The molecule has 0 fully saturated rings. The number of rotatable bonds is 4. The molecule has 16 heavy (non-hydrogen) atoms. The SMILES string of the molecule is CCC(N)CC(=O)Nc1cc(Br)ccc1O. The summed E-state index contributed by atoms with van der Waals surface area (Å²) in [5.41, 5.74) is 6.05. The van der Waals surface area contributed by atoms with Gasteiger partial charge < -0.3 is 16.2 Å². The maximum atomic E-state index is 11.5. The van der Waals surface area contributed by atoms with Crippen molar-refractivity contribution < 1.29 is 9.90 Å². The molecule has 0 aromatic heterocycles. The predicted molar refractivity (Wildman–Crippen MR) is 67.3 cm³/mol. The van der Waals surface area contributed by atoms with Gasteiger partial charge in [-0.3, -0.25) is 4.79 Å². The number of hydrogen-bond acceptors (Lipinski definition) is 3. The first kappa shape index (κ1) is 13.0. The van der Waals surface area contributed by atoms with E-state index in [1.807, 2.05) is 6.92 Å². The number of benzene rings is 1. The lowest BCUT2D eigenvalue weighted by Crippen LogP contribution is -2.26. The Bertz CT molecular complexity index is 382. The highest BCUT2D eigenvalue weighted by atomic mass is 79.9. The Morgan fingerprint density at radius 1 is 1.62 bits per heavy atom. The van der Waals surface area contributed by atoms with Crippen LogP contribution in [0.15, 0.2) is 22.7 Å². The highest BCUT2D eigenvalue weighted by molar-refractivity contribution is 9.10. The van der Waals surface area contributed by atoms with Crippen molar-refractivity contribution in [1.29, 1.82) is 0 Å². The van der Waals surface area contributed by atoms with Gasteiger partial charge in [-0.25, -0.2) is 0 Å². The molecule has 0 saturated heterocycles. The highest BCUT2D eigenvalue weighted by Gasteiger charge is 2.10. The van der Waals surface area contributed by atoms with E-state index in [2.05, 4.69) is 21.2 Å². The smallest absolute Gasteiger partial charge is 0.226 e. The van der Waals surface area contributed by atoms with Crippen molar-refractivity contribution in [3.8, 4) is 5.75 Å². The summed E-state index contributed by atoms with van der Waals surface area (Å²) < 4.78 is 0.792. The summed E-state index contributed by atoms with van der Waals surface area (Å²) in [6.45, 7) is 1.93. The molecule has 1 aromatic carbocycles. The molecule has 4 nitrogen and oxygen atoms in total. The Hall–Kier alpha value is -1.07. The third-order valence-corrected chi connectivity index (χ3v) is 2.70. The van der Waals surface area contributed by atoms with Crippen molar-refractivity contribution >= 4 is 27.5 Å². The number of halogens is 1. The van der Waals surface area contributed by atoms with Crippen molar-refractivity contribution in [2.45, 2.75) is 25.8 Å². The van der Waals surface area contributed by atoms with Crippen LogP contribution in [0.2, 0.25) is 0 Å². The van der Waals surface area contributed by atoms with Gasteiger partial charge in [-0.1, -0.05) is 22.9 Å². The third kappa shape index (κ3) is 3.83. The second-order valence-electron chi connectivity index (χ2n) is 3.58. The van der Waals surface area contributed by atoms with Gasteiger partial charge in [-0.2, -0.15) is 0 Å². The van der Waals surface area contributed by atoms with Gasteiger partial charge in [-0.05, 0) is 24.6 Å². The van der Waals surface area contributed by atoms with Crippen molar-refractivity contribution in [3.05, 3.63) is 22.7 Å². The van der Waals surface area contributed by atoms with Gasteiger partial charge in [0.15, 0.2) is 0 Å². The number of anilines is 1. The lowest BCUT2D eigenvalue weighted by molar-refractivity contribution is -0.116. The van der Waals surface area contributed by atoms with E-state index in [-0.39, 0.29) is 24.1 Å². The van der Waals surface area contributed by atoms with E-state index in [9.17, 15) is 9.90 Å². The van der Waals surface area contributed by atoms with Crippen LogP contribution in [0.3, 0.4) is 0 Å². The van der Waals surface area contributed by atoms with Crippen LogP contribution < -0.4 is 11.1 Å². The zero-order chi connectivity index (χ0) is 12.1. The Kier molecular flexibility index (Phi) is 4.76. The van der Waals surface area contributed by atoms with E-state index in [0.29, 0.717) is 5.69 Å². The predicted octanol–water partition coefficient (Wildman–Crippen LogP) is 2.22. The van der Waals surface area contributed by atoms with E-state index < -0.39 is 0 Å². The molecule has 1 unspecified atom stereocenters. The Morgan fingerprint density at radius 3 is 2.94 bits per heavy atom. The standard InChI is InChI=1S/C11H15BrN2O2/c1-2-8(13)6-11(16)14-9-5-7(12)3-4-10(9)15/h3-5,8,15H,2,6,13H2,1H3,(H,14,16). The van der Waals surface area contributed by atoms with Gasteiger partial charge in [0.25, 0.3) is 0 Å². The number of carbonyl (C=O) groups is 1. The van der Waals surface area contributed by atoms with Crippen molar-refractivity contribution in [3.63, 3.8) is 0 Å². The molecule has 0 aliphatic rings. The zero-order valence-corrected chi connectivity index (χ0v) is 10.6. The molecule has 0 heterocycles. The minimum atomic E-state index is -0.192. The van der Waals surface area contributed by atoms with Gasteiger partial charge in [0.2, 0.25) is 5.91 Å². The summed E-state index contributed by atoms with van der Waals surface area (Å²) in [6, 6.07) is 4.71. The average molecular weight is 287 g/mol. The van der Waals surface area contributed by atoms with Gasteiger partial charge >= 0.3 is 0 Å². The first-order chi connectivity index (χ1) is 7.52. The Labute approximate surface area is 103 Å². The monoisotopic (exact) mass is 286 g/mol.